The standard InChI is InChI=1S/C25H26FNO3S/c1-18(19-5-7-20(8-6-19)21-9-11-22(26)12-10-21)27-15-14-25(13-3-16-28,30-24(27)29)23-4-2-17-31-23/h2,4-12,17-18,28H,3,13-16H2,1H3/t18-,25-/m0/s1. The van der Waals surface area contributed by atoms with E-state index in [-0.39, 0.29) is 24.6 Å². The topological polar surface area (TPSA) is 49.8 Å². The van der Waals surface area contributed by atoms with Gasteiger partial charge in [0.25, 0.3) is 0 Å². The third kappa shape index (κ3) is 4.50. The Labute approximate surface area is 185 Å². The molecular formula is C25H26FNO3S. The van der Waals surface area contributed by atoms with Crippen LogP contribution in [0.1, 0.15) is 42.7 Å². The molecule has 2 atom stereocenters. The van der Waals surface area contributed by atoms with Crippen molar-refractivity contribution in [2.75, 3.05) is 13.2 Å². The molecule has 2 heterocycles. The maximum Gasteiger partial charge on any atom is 0.411 e. The van der Waals surface area contributed by atoms with E-state index in [1.54, 1.807) is 28.4 Å². The Bertz CT molecular complexity index is 1000. The van der Waals surface area contributed by atoms with Crippen molar-refractivity contribution in [3.05, 3.63) is 82.3 Å². The van der Waals surface area contributed by atoms with E-state index >= 15 is 0 Å². The van der Waals surface area contributed by atoms with Crippen LogP contribution in [0.2, 0.25) is 0 Å². The molecule has 31 heavy (non-hydrogen) atoms. The van der Waals surface area contributed by atoms with Crippen molar-refractivity contribution >= 4 is 17.4 Å². The summed E-state index contributed by atoms with van der Waals surface area (Å²) >= 11 is 1.59. The van der Waals surface area contributed by atoms with Gasteiger partial charge >= 0.3 is 6.09 Å². The third-order valence-electron chi connectivity index (χ3n) is 6.02. The lowest BCUT2D eigenvalue weighted by atomic mass is 9.89. The summed E-state index contributed by atoms with van der Waals surface area (Å²) in [6, 6.07) is 18.2. The van der Waals surface area contributed by atoms with Crippen LogP contribution in [-0.2, 0) is 10.3 Å². The molecular weight excluding hydrogens is 413 g/mol. The van der Waals surface area contributed by atoms with Gasteiger partial charge in [-0.25, -0.2) is 9.18 Å². The van der Waals surface area contributed by atoms with Crippen molar-refractivity contribution in [2.24, 2.45) is 0 Å². The Morgan fingerprint density at radius 1 is 1.13 bits per heavy atom. The van der Waals surface area contributed by atoms with Crippen LogP contribution < -0.4 is 0 Å². The normalized spacial score (nSPS) is 19.8. The number of ether oxygens (including phenoxy) is 1. The van der Waals surface area contributed by atoms with Gasteiger partial charge in [-0.1, -0.05) is 42.5 Å². The first-order valence-electron chi connectivity index (χ1n) is 10.5. The van der Waals surface area contributed by atoms with Crippen molar-refractivity contribution < 1.29 is 19.0 Å². The summed E-state index contributed by atoms with van der Waals surface area (Å²) < 4.78 is 19.2. The Hall–Kier alpha value is -2.70. The zero-order valence-electron chi connectivity index (χ0n) is 17.5. The predicted molar refractivity (Wildman–Crippen MR) is 120 cm³/mol. The number of benzene rings is 2. The molecule has 1 aliphatic heterocycles. The van der Waals surface area contributed by atoms with Crippen LogP contribution in [0.25, 0.3) is 11.1 Å². The minimum Gasteiger partial charge on any atom is -0.437 e. The van der Waals surface area contributed by atoms with E-state index in [4.69, 9.17) is 4.74 Å². The summed E-state index contributed by atoms with van der Waals surface area (Å²) in [6.45, 7) is 2.66. The van der Waals surface area contributed by atoms with Crippen LogP contribution >= 0.6 is 11.3 Å². The molecule has 0 spiro atoms. The molecule has 4 rings (SSSR count). The maximum atomic E-state index is 13.2. The second kappa shape index (κ2) is 9.20. The lowest BCUT2D eigenvalue weighted by Gasteiger charge is -2.43. The second-order valence-electron chi connectivity index (χ2n) is 7.91. The van der Waals surface area contributed by atoms with E-state index < -0.39 is 5.60 Å². The summed E-state index contributed by atoms with van der Waals surface area (Å²) in [7, 11) is 0. The lowest BCUT2D eigenvalue weighted by Crippen LogP contribution is -2.48. The maximum absolute atomic E-state index is 13.2. The number of cyclic esters (lactones) is 1. The molecule has 1 aliphatic rings. The van der Waals surface area contributed by atoms with Crippen molar-refractivity contribution in [1.29, 1.82) is 0 Å². The van der Waals surface area contributed by atoms with Gasteiger partial charge in [0, 0.05) is 24.4 Å². The van der Waals surface area contributed by atoms with Gasteiger partial charge < -0.3 is 14.7 Å². The average Bonchev–Trinajstić information content (AvgIpc) is 3.34. The van der Waals surface area contributed by atoms with Crippen LogP contribution in [0.3, 0.4) is 0 Å². The molecule has 162 valence electrons. The minimum absolute atomic E-state index is 0.0746. The molecule has 4 nitrogen and oxygen atoms in total. The fraction of sp³-hybridized carbons (Fsp3) is 0.320. The quantitative estimate of drug-likeness (QED) is 0.482. The van der Waals surface area contributed by atoms with Gasteiger partial charge in [-0.15, -0.1) is 11.3 Å². The van der Waals surface area contributed by atoms with E-state index in [1.165, 1.54) is 12.1 Å². The second-order valence-corrected chi connectivity index (χ2v) is 8.86. The number of aliphatic hydroxyl groups excluding tert-OH is 1. The fourth-order valence-corrected chi connectivity index (χ4v) is 5.09. The number of carbonyl (C=O) groups is 1. The highest BCUT2D eigenvalue weighted by atomic mass is 32.1. The molecule has 1 aromatic heterocycles. The molecule has 2 aromatic carbocycles. The highest BCUT2D eigenvalue weighted by molar-refractivity contribution is 7.10. The average molecular weight is 440 g/mol. The zero-order chi connectivity index (χ0) is 21.8. The first-order valence-corrected chi connectivity index (χ1v) is 11.4. The number of carbonyl (C=O) groups excluding carboxylic acids is 1. The number of rotatable bonds is 7. The van der Waals surface area contributed by atoms with Crippen molar-refractivity contribution in [3.63, 3.8) is 0 Å². The number of halogens is 1. The van der Waals surface area contributed by atoms with Crippen LogP contribution in [0.15, 0.2) is 66.0 Å². The smallest absolute Gasteiger partial charge is 0.411 e. The molecule has 1 amide bonds. The summed E-state index contributed by atoms with van der Waals surface area (Å²) in [5, 5.41) is 11.3. The number of amides is 1. The van der Waals surface area contributed by atoms with E-state index in [9.17, 15) is 14.3 Å². The number of hydrogen-bond donors (Lipinski definition) is 1. The van der Waals surface area contributed by atoms with Crippen LogP contribution in [0.4, 0.5) is 9.18 Å². The number of hydrogen-bond acceptors (Lipinski definition) is 4. The number of aliphatic hydroxyl groups is 1. The van der Waals surface area contributed by atoms with Gasteiger partial charge in [0.1, 0.15) is 11.4 Å². The third-order valence-corrected chi connectivity index (χ3v) is 7.08. The van der Waals surface area contributed by atoms with Gasteiger partial charge in [-0.2, -0.15) is 0 Å². The van der Waals surface area contributed by atoms with Gasteiger partial charge in [0.15, 0.2) is 0 Å². The minimum atomic E-state index is -0.656. The lowest BCUT2D eigenvalue weighted by molar-refractivity contribution is -0.0658. The Morgan fingerprint density at radius 2 is 1.81 bits per heavy atom. The summed E-state index contributed by atoms with van der Waals surface area (Å²) in [6.07, 6.45) is 1.57. The summed E-state index contributed by atoms with van der Waals surface area (Å²) in [4.78, 5) is 15.8. The SMILES string of the molecule is C[C@@H](c1ccc(-c2ccc(F)cc2)cc1)N1CC[C@@](CCCO)(c2cccs2)OC1=O. The van der Waals surface area contributed by atoms with E-state index in [1.807, 2.05) is 48.7 Å². The molecule has 1 N–H and O–H groups in total. The van der Waals surface area contributed by atoms with Crippen molar-refractivity contribution in [2.45, 2.75) is 37.8 Å². The highest BCUT2D eigenvalue weighted by Crippen LogP contribution is 2.42. The zero-order valence-corrected chi connectivity index (χ0v) is 18.3. The first kappa shape index (κ1) is 21.5. The molecule has 0 unspecified atom stereocenters. The molecule has 1 fully saturated rings. The molecule has 3 aromatic rings. The molecule has 0 aliphatic carbocycles. The largest absolute Gasteiger partial charge is 0.437 e. The van der Waals surface area contributed by atoms with Gasteiger partial charge in [-0.05, 0) is 60.0 Å². The first-order chi connectivity index (χ1) is 15.0. The van der Waals surface area contributed by atoms with Crippen molar-refractivity contribution in [3.8, 4) is 11.1 Å². The monoisotopic (exact) mass is 439 g/mol. The predicted octanol–water partition coefficient (Wildman–Crippen LogP) is 6.13. The fourth-order valence-electron chi connectivity index (χ4n) is 4.17. The van der Waals surface area contributed by atoms with Crippen LogP contribution in [0, 0.1) is 5.82 Å². The van der Waals surface area contributed by atoms with Crippen molar-refractivity contribution in [1.82, 2.24) is 4.90 Å². The van der Waals surface area contributed by atoms with E-state index in [0.717, 1.165) is 21.6 Å². The molecule has 0 bridgehead atoms. The Morgan fingerprint density at radius 3 is 2.39 bits per heavy atom. The number of nitrogens with zero attached hydrogens (tertiary/aromatic N) is 1. The van der Waals surface area contributed by atoms with E-state index in [0.29, 0.717) is 25.8 Å². The molecule has 6 heteroatoms. The Balaban J connectivity index is 1.49. The van der Waals surface area contributed by atoms with E-state index in [2.05, 4.69) is 0 Å². The van der Waals surface area contributed by atoms with Gasteiger partial charge in [0.05, 0.1) is 6.04 Å². The van der Waals surface area contributed by atoms with Gasteiger partial charge in [0.2, 0.25) is 0 Å². The Kier molecular flexibility index (Phi) is 6.39. The summed E-state index contributed by atoms with van der Waals surface area (Å²) in [5.74, 6) is -0.254. The van der Waals surface area contributed by atoms with Crippen LogP contribution in [0.5, 0.6) is 0 Å². The summed E-state index contributed by atoms with van der Waals surface area (Å²) in [5.41, 5.74) is 2.30. The number of thiophene rings is 1. The van der Waals surface area contributed by atoms with Gasteiger partial charge in [-0.3, -0.25) is 0 Å². The molecule has 0 radical (unpaired) electrons. The highest BCUT2D eigenvalue weighted by Gasteiger charge is 2.43. The molecule has 0 saturated carbocycles. The molecule has 1 saturated heterocycles. The van der Waals surface area contributed by atoms with Crippen LogP contribution in [-0.4, -0.2) is 29.3 Å².